The van der Waals surface area contributed by atoms with Crippen molar-refractivity contribution in [3.05, 3.63) is 60.2 Å². The summed E-state index contributed by atoms with van der Waals surface area (Å²) in [4.78, 5) is 15.3. The Morgan fingerprint density at radius 3 is 2.41 bits per heavy atom. The summed E-state index contributed by atoms with van der Waals surface area (Å²) in [6.45, 7) is 5.24. The van der Waals surface area contributed by atoms with E-state index in [1.165, 1.54) is 0 Å². The Morgan fingerprint density at radius 1 is 1.03 bits per heavy atom. The van der Waals surface area contributed by atoms with Gasteiger partial charge in [-0.15, -0.1) is 0 Å². The van der Waals surface area contributed by atoms with Gasteiger partial charge in [0.25, 0.3) is 0 Å². The highest BCUT2D eigenvalue weighted by Gasteiger charge is 2.43. The molecule has 2 fully saturated rings. The number of benzene rings is 2. The van der Waals surface area contributed by atoms with Crippen molar-refractivity contribution in [2.45, 2.75) is 37.5 Å². The number of carbonyl (C=O) groups is 1. The quantitative estimate of drug-likeness (QED) is 0.572. The molecule has 8 heteroatoms. The van der Waals surface area contributed by atoms with Crippen molar-refractivity contribution in [2.75, 3.05) is 46.0 Å². The minimum absolute atomic E-state index is 0.0338. The number of piperidine rings is 1. The van der Waals surface area contributed by atoms with Crippen LogP contribution in [0.2, 0.25) is 0 Å². The molecule has 2 aromatic rings. The van der Waals surface area contributed by atoms with Gasteiger partial charge in [-0.3, -0.25) is 4.79 Å². The zero-order chi connectivity index (χ0) is 24.0. The van der Waals surface area contributed by atoms with Crippen LogP contribution in [0, 0.1) is 5.41 Å². The molecule has 0 aliphatic carbocycles. The molecule has 4 rings (SSSR count). The first-order chi connectivity index (χ1) is 16.4. The third-order valence-electron chi connectivity index (χ3n) is 6.77. The maximum absolute atomic E-state index is 13.5. The van der Waals surface area contributed by atoms with Crippen LogP contribution in [0.5, 0.6) is 5.75 Å². The molecule has 0 aromatic heterocycles. The number of nitrogens with zero attached hydrogens (tertiary/aromatic N) is 2. The van der Waals surface area contributed by atoms with E-state index in [4.69, 9.17) is 9.47 Å². The summed E-state index contributed by atoms with van der Waals surface area (Å²) >= 11 is 0. The smallest absolute Gasteiger partial charge is 0.243 e. The van der Waals surface area contributed by atoms with Gasteiger partial charge < -0.3 is 14.4 Å². The van der Waals surface area contributed by atoms with E-state index in [1.807, 2.05) is 54.3 Å². The van der Waals surface area contributed by atoms with Gasteiger partial charge in [0.1, 0.15) is 5.75 Å². The van der Waals surface area contributed by atoms with E-state index in [9.17, 15) is 13.2 Å². The minimum atomic E-state index is -3.67. The van der Waals surface area contributed by atoms with E-state index in [-0.39, 0.29) is 25.5 Å². The number of hydrogen-bond acceptors (Lipinski definition) is 5. The Balaban J connectivity index is 1.56. The summed E-state index contributed by atoms with van der Waals surface area (Å²) in [5.41, 5.74) is 0.499. The Labute approximate surface area is 202 Å². The molecule has 2 aliphatic heterocycles. The zero-order valence-corrected chi connectivity index (χ0v) is 20.6. The first-order valence-electron chi connectivity index (χ1n) is 12.0. The van der Waals surface area contributed by atoms with Crippen LogP contribution in [0.1, 0.15) is 31.7 Å². The molecule has 2 aliphatic rings. The van der Waals surface area contributed by atoms with Gasteiger partial charge in [0.2, 0.25) is 15.9 Å². The van der Waals surface area contributed by atoms with Crippen molar-refractivity contribution < 1.29 is 22.7 Å². The highest BCUT2D eigenvalue weighted by Crippen LogP contribution is 2.37. The van der Waals surface area contributed by atoms with E-state index in [0.717, 1.165) is 24.2 Å². The summed E-state index contributed by atoms with van der Waals surface area (Å²) in [6.07, 6.45) is 2.52. The minimum Gasteiger partial charge on any atom is -0.493 e. The summed E-state index contributed by atoms with van der Waals surface area (Å²) in [5.74, 6) is 0.752. The van der Waals surface area contributed by atoms with Gasteiger partial charge >= 0.3 is 0 Å². The van der Waals surface area contributed by atoms with Crippen LogP contribution in [0.25, 0.3) is 0 Å². The fourth-order valence-electron chi connectivity index (χ4n) is 4.73. The summed E-state index contributed by atoms with van der Waals surface area (Å²) < 4.78 is 40.1. The molecule has 184 valence electrons. The van der Waals surface area contributed by atoms with E-state index >= 15 is 0 Å². The number of ether oxygens (including phenoxy) is 2. The number of hydrogen-bond donors (Lipinski definition) is 0. The highest BCUT2D eigenvalue weighted by molar-refractivity contribution is 7.89. The second kappa shape index (κ2) is 10.9. The van der Waals surface area contributed by atoms with Crippen molar-refractivity contribution >= 4 is 15.9 Å². The van der Waals surface area contributed by atoms with Gasteiger partial charge in [-0.1, -0.05) is 37.3 Å². The van der Waals surface area contributed by atoms with Crippen LogP contribution in [0.3, 0.4) is 0 Å². The molecule has 1 atom stereocenters. The number of sulfonamides is 1. The molecule has 7 nitrogen and oxygen atoms in total. The van der Waals surface area contributed by atoms with Crippen molar-refractivity contribution in [3.63, 3.8) is 0 Å². The molecule has 0 bridgehead atoms. The molecule has 0 unspecified atom stereocenters. The predicted molar refractivity (Wildman–Crippen MR) is 130 cm³/mol. The van der Waals surface area contributed by atoms with E-state index < -0.39 is 15.4 Å². The zero-order valence-electron chi connectivity index (χ0n) is 19.8. The second-order valence-corrected chi connectivity index (χ2v) is 11.1. The molecule has 34 heavy (non-hydrogen) atoms. The molecule has 0 radical (unpaired) electrons. The normalized spacial score (nSPS) is 21.9. The average molecular weight is 487 g/mol. The number of aryl methyl sites for hydroxylation is 1. The Bertz CT molecular complexity index is 1050. The van der Waals surface area contributed by atoms with Gasteiger partial charge in [-0.25, -0.2) is 8.42 Å². The molecule has 2 aromatic carbocycles. The third-order valence-corrected chi connectivity index (χ3v) is 8.63. The van der Waals surface area contributed by atoms with Crippen molar-refractivity contribution in [1.82, 2.24) is 9.21 Å². The van der Waals surface area contributed by atoms with Gasteiger partial charge in [-0.05, 0) is 49.1 Å². The fraction of sp³-hybridized carbons (Fsp3) is 0.500. The average Bonchev–Trinajstić information content (AvgIpc) is 2.89. The molecular formula is C26H34N2O5S. The van der Waals surface area contributed by atoms with Crippen LogP contribution < -0.4 is 4.74 Å². The molecule has 0 N–H and O–H groups in total. The van der Waals surface area contributed by atoms with Gasteiger partial charge in [-0.2, -0.15) is 4.31 Å². The maximum atomic E-state index is 13.5. The lowest BCUT2D eigenvalue weighted by Crippen LogP contribution is -2.51. The lowest BCUT2D eigenvalue weighted by Gasteiger charge is -2.42. The molecule has 1 amide bonds. The number of amides is 1. The van der Waals surface area contributed by atoms with Crippen molar-refractivity contribution in [2.24, 2.45) is 5.41 Å². The van der Waals surface area contributed by atoms with Crippen LogP contribution >= 0.6 is 0 Å². The predicted octanol–water partition coefficient (Wildman–Crippen LogP) is 3.35. The van der Waals surface area contributed by atoms with E-state index in [0.29, 0.717) is 44.2 Å². The lowest BCUT2D eigenvalue weighted by molar-refractivity contribution is -0.139. The summed E-state index contributed by atoms with van der Waals surface area (Å²) in [6, 6.07) is 16.6. The van der Waals surface area contributed by atoms with Gasteiger partial charge in [0, 0.05) is 38.0 Å². The van der Waals surface area contributed by atoms with Crippen LogP contribution in [0.4, 0.5) is 0 Å². The fourth-order valence-corrected chi connectivity index (χ4v) is 6.32. The first kappa shape index (κ1) is 24.7. The first-order valence-corrected chi connectivity index (χ1v) is 13.5. The van der Waals surface area contributed by atoms with E-state index in [1.54, 1.807) is 16.4 Å². The molecule has 0 saturated carbocycles. The monoisotopic (exact) mass is 486 g/mol. The molecule has 2 saturated heterocycles. The number of rotatable bonds is 8. The Morgan fingerprint density at radius 2 is 1.74 bits per heavy atom. The lowest BCUT2D eigenvalue weighted by atomic mass is 9.78. The summed E-state index contributed by atoms with van der Waals surface area (Å²) in [5, 5.41) is 0. The van der Waals surface area contributed by atoms with Crippen LogP contribution in [0.15, 0.2) is 59.5 Å². The van der Waals surface area contributed by atoms with Gasteiger partial charge in [0.15, 0.2) is 0 Å². The number of para-hydroxylation sites is 1. The van der Waals surface area contributed by atoms with Crippen molar-refractivity contribution in [3.8, 4) is 5.75 Å². The maximum Gasteiger partial charge on any atom is 0.243 e. The Hall–Kier alpha value is -2.42. The molecule has 2 heterocycles. The largest absolute Gasteiger partial charge is 0.493 e. The van der Waals surface area contributed by atoms with Gasteiger partial charge in [0.05, 0.1) is 24.7 Å². The Kier molecular flexibility index (Phi) is 7.91. The SMILES string of the molecule is CCc1ccc(S(=O)(=O)N2CCC[C@@](COc3ccccc3)(CC(=O)N3CCOCC3)C2)cc1. The highest BCUT2D eigenvalue weighted by atomic mass is 32.2. The van der Waals surface area contributed by atoms with E-state index in [2.05, 4.69) is 0 Å². The van der Waals surface area contributed by atoms with Crippen LogP contribution in [-0.2, 0) is 26.0 Å². The molecule has 0 spiro atoms. The third kappa shape index (κ3) is 5.79. The molecular weight excluding hydrogens is 452 g/mol. The number of carbonyl (C=O) groups excluding carboxylic acids is 1. The second-order valence-electron chi connectivity index (χ2n) is 9.21. The van der Waals surface area contributed by atoms with Crippen molar-refractivity contribution in [1.29, 1.82) is 0 Å². The van der Waals surface area contributed by atoms with Crippen LogP contribution in [-0.4, -0.2) is 69.5 Å². The topological polar surface area (TPSA) is 76.2 Å². The standard InChI is InChI=1S/C26H34N2O5S/c1-2-22-9-11-24(12-10-22)34(30,31)28-14-6-13-26(20-28,21-33-23-7-4-3-5-8-23)19-25(29)27-15-17-32-18-16-27/h3-5,7-12H,2,6,13-21H2,1H3/t26-/m1/s1. The summed E-state index contributed by atoms with van der Waals surface area (Å²) in [7, 11) is -3.67. The number of morpholine rings is 1.